The molecule has 3 rings (SSSR count). The summed E-state index contributed by atoms with van der Waals surface area (Å²) >= 11 is 0. The molecular formula is C20H27N6O6P. The van der Waals surface area contributed by atoms with Gasteiger partial charge < -0.3 is 24.3 Å². The lowest BCUT2D eigenvalue weighted by Gasteiger charge is -2.24. The van der Waals surface area contributed by atoms with Crippen LogP contribution >= 0.6 is 7.52 Å². The molecule has 0 bridgehead atoms. The van der Waals surface area contributed by atoms with E-state index in [2.05, 4.69) is 20.0 Å². The molecule has 0 fully saturated rings. The molecule has 0 aliphatic heterocycles. The normalized spacial score (nSPS) is 14.2. The first-order valence-corrected chi connectivity index (χ1v) is 12.1. The Bertz CT molecular complexity index is 1190. The Kier molecular flexibility index (Phi) is 7.85. The standard InChI is InChI=1S/C20H27N6O6P/c1-13(2)31-19(28)14(3)25-33(29,32-15-7-5-4-6-8-15)12-30-10-9-26-11-22-16-17(26)23-20(21)24-18(16)27/h4-8,11,13-14H,9-10,12H2,1-3H3,(H,25,29)(H3,21,23,24,27)/t14-,33?/m0/s1. The fraction of sp³-hybridized carbons (Fsp3) is 0.400. The number of esters is 1. The zero-order valence-corrected chi connectivity index (χ0v) is 19.5. The van der Waals surface area contributed by atoms with Crippen LogP contribution in [0.2, 0.25) is 0 Å². The maximum Gasteiger partial charge on any atom is 0.342 e. The third kappa shape index (κ3) is 6.64. The van der Waals surface area contributed by atoms with Crippen molar-refractivity contribution in [3.8, 4) is 5.75 Å². The Morgan fingerprint density at radius 2 is 2.00 bits per heavy atom. The monoisotopic (exact) mass is 478 g/mol. The largest absolute Gasteiger partial charge is 0.462 e. The average Bonchev–Trinajstić information content (AvgIpc) is 3.14. The summed E-state index contributed by atoms with van der Waals surface area (Å²) in [6.07, 6.45) is 0.814. The summed E-state index contributed by atoms with van der Waals surface area (Å²) in [5, 5.41) is 2.73. The molecule has 0 aliphatic carbocycles. The molecule has 0 spiro atoms. The van der Waals surface area contributed by atoms with Gasteiger partial charge in [0.05, 0.1) is 19.0 Å². The van der Waals surface area contributed by atoms with E-state index in [1.54, 1.807) is 48.7 Å². The van der Waals surface area contributed by atoms with Crippen LogP contribution in [0.3, 0.4) is 0 Å². The summed E-state index contributed by atoms with van der Waals surface area (Å²) in [5.41, 5.74) is 5.63. The molecule has 0 amide bonds. The fourth-order valence-electron chi connectivity index (χ4n) is 2.91. The minimum atomic E-state index is -3.65. The number of benzene rings is 1. The molecule has 178 valence electrons. The van der Waals surface area contributed by atoms with E-state index < -0.39 is 25.1 Å². The number of carbonyl (C=O) groups is 1. The van der Waals surface area contributed by atoms with Crippen molar-refractivity contribution in [2.75, 3.05) is 18.7 Å². The summed E-state index contributed by atoms with van der Waals surface area (Å²) in [4.78, 5) is 34.6. The number of carbonyl (C=O) groups excluding carboxylic acids is 1. The minimum absolute atomic E-state index is 0.0256. The highest BCUT2D eigenvalue weighted by atomic mass is 31.2. The second-order valence-corrected chi connectivity index (χ2v) is 9.56. The van der Waals surface area contributed by atoms with Crippen molar-refractivity contribution in [2.45, 2.75) is 39.5 Å². The Hall–Kier alpha value is -3.21. The lowest BCUT2D eigenvalue weighted by molar-refractivity contribution is -0.149. The van der Waals surface area contributed by atoms with Crippen LogP contribution in [0.4, 0.5) is 5.95 Å². The van der Waals surface area contributed by atoms with Crippen LogP contribution in [0.5, 0.6) is 5.75 Å². The molecule has 13 heteroatoms. The van der Waals surface area contributed by atoms with E-state index >= 15 is 0 Å². The van der Waals surface area contributed by atoms with Crippen LogP contribution in [0.15, 0.2) is 41.5 Å². The van der Waals surface area contributed by atoms with E-state index in [1.807, 2.05) is 0 Å². The molecule has 0 saturated carbocycles. The van der Waals surface area contributed by atoms with Crippen molar-refractivity contribution in [2.24, 2.45) is 0 Å². The van der Waals surface area contributed by atoms with Crippen LogP contribution in [-0.4, -0.2) is 50.6 Å². The smallest absolute Gasteiger partial charge is 0.342 e. The molecule has 1 unspecified atom stereocenters. The number of hydrogen-bond acceptors (Lipinski definition) is 9. The number of rotatable bonds is 11. The van der Waals surface area contributed by atoms with Gasteiger partial charge >= 0.3 is 13.5 Å². The first-order chi connectivity index (χ1) is 15.7. The van der Waals surface area contributed by atoms with E-state index in [0.29, 0.717) is 11.4 Å². The molecule has 0 radical (unpaired) electrons. The number of hydrogen-bond donors (Lipinski definition) is 3. The zero-order valence-electron chi connectivity index (χ0n) is 18.6. The van der Waals surface area contributed by atoms with Crippen LogP contribution < -0.4 is 20.9 Å². The number of nitrogens with two attached hydrogens (primary N) is 1. The van der Waals surface area contributed by atoms with E-state index in [-0.39, 0.29) is 37.1 Å². The highest BCUT2D eigenvalue weighted by Gasteiger charge is 2.31. The lowest BCUT2D eigenvalue weighted by Crippen LogP contribution is -2.36. The second-order valence-electron chi connectivity index (χ2n) is 7.51. The Balaban J connectivity index is 1.66. The second kappa shape index (κ2) is 10.6. The number of imidazole rings is 1. The van der Waals surface area contributed by atoms with Crippen molar-refractivity contribution >= 4 is 30.6 Å². The van der Waals surface area contributed by atoms with Crippen LogP contribution in [0, 0.1) is 0 Å². The quantitative estimate of drug-likeness (QED) is 0.211. The van der Waals surface area contributed by atoms with Crippen molar-refractivity contribution in [1.82, 2.24) is 24.6 Å². The van der Waals surface area contributed by atoms with Gasteiger partial charge in [-0.2, -0.15) is 4.98 Å². The predicted molar refractivity (Wildman–Crippen MR) is 122 cm³/mol. The van der Waals surface area contributed by atoms with Gasteiger partial charge in [-0.15, -0.1) is 0 Å². The van der Waals surface area contributed by atoms with Crippen LogP contribution in [-0.2, 0) is 25.4 Å². The van der Waals surface area contributed by atoms with Crippen molar-refractivity contribution in [3.63, 3.8) is 0 Å². The summed E-state index contributed by atoms with van der Waals surface area (Å²) in [7, 11) is -3.65. The number of nitrogens with one attached hydrogen (secondary N) is 2. The maximum absolute atomic E-state index is 13.5. The summed E-state index contributed by atoms with van der Waals surface area (Å²) in [6.45, 7) is 5.36. The molecule has 4 N–H and O–H groups in total. The molecule has 1 aromatic carbocycles. The van der Waals surface area contributed by atoms with Crippen molar-refractivity contribution in [1.29, 1.82) is 0 Å². The van der Waals surface area contributed by atoms with Gasteiger partial charge in [0.1, 0.15) is 18.1 Å². The number of aromatic amines is 1. The number of ether oxygens (including phenoxy) is 2. The predicted octanol–water partition coefficient (Wildman–Crippen LogP) is 1.88. The zero-order chi connectivity index (χ0) is 24.0. The molecule has 2 heterocycles. The van der Waals surface area contributed by atoms with E-state index in [1.165, 1.54) is 13.3 Å². The Labute approximate surface area is 190 Å². The number of anilines is 1. The summed E-state index contributed by atoms with van der Waals surface area (Å²) in [6, 6.07) is 7.68. The number of H-pyrrole nitrogens is 1. The van der Waals surface area contributed by atoms with Gasteiger partial charge in [-0.05, 0) is 32.9 Å². The van der Waals surface area contributed by atoms with Crippen molar-refractivity contribution < 1.29 is 23.4 Å². The SMILES string of the molecule is CC(C)OC(=O)[C@H](C)NP(=O)(COCCn1cnc2c(=O)[nH]c(N)nc21)Oc1ccccc1. The number of para-hydroxylation sites is 1. The van der Waals surface area contributed by atoms with Gasteiger partial charge in [0.15, 0.2) is 11.2 Å². The third-order valence-electron chi connectivity index (χ3n) is 4.32. The number of aromatic nitrogens is 4. The van der Waals surface area contributed by atoms with Crippen molar-refractivity contribution in [3.05, 3.63) is 47.0 Å². The highest BCUT2D eigenvalue weighted by Crippen LogP contribution is 2.43. The van der Waals surface area contributed by atoms with Gasteiger partial charge in [-0.1, -0.05) is 18.2 Å². The Morgan fingerprint density at radius 1 is 1.27 bits per heavy atom. The van der Waals surface area contributed by atoms with Crippen LogP contribution in [0.1, 0.15) is 20.8 Å². The number of fused-ring (bicyclic) bond motifs is 1. The first kappa shape index (κ1) is 24.4. The highest BCUT2D eigenvalue weighted by molar-refractivity contribution is 7.57. The van der Waals surface area contributed by atoms with Gasteiger partial charge in [-0.25, -0.2) is 10.1 Å². The van der Waals surface area contributed by atoms with E-state index in [4.69, 9.17) is 19.7 Å². The average molecular weight is 478 g/mol. The molecule has 3 aromatic rings. The van der Waals surface area contributed by atoms with Crippen LogP contribution in [0.25, 0.3) is 11.2 Å². The fourth-order valence-corrected chi connectivity index (χ4v) is 4.61. The molecule has 12 nitrogen and oxygen atoms in total. The topological polar surface area (TPSA) is 163 Å². The number of nitrogens with zero attached hydrogens (tertiary/aromatic N) is 3. The van der Waals surface area contributed by atoms with Gasteiger partial charge in [0.2, 0.25) is 5.95 Å². The number of nitrogen functional groups attached to an aromatic ring is 1. The first-order valence-electron chi connectivity index (χ1n) is 10.3. The lowest BCUT2D eigenvalue weighted by atomic mass is 10.3. The van der Waals surface area contributed by atoms with Gasteiger partial charge in [-0.3, -0.25) is 19.1 Å². The van der Waals surface area contributed by atoms with Gasteiger partial charge in [0.25, 0.3) is 5.56 Å². The molecule has 33 heavy (non-hydrogen) atoms. The molecule has 0 saturated heterocycles. The third-order valence-corrected chi connectivity index (χ3v) is 6.13. The Morgan fingerprint density at radius 3 is 2.70 bits per heavy atom. The minimum Gasteiger partial charge on any atom is -0.462 e. The van der Waals surface area contributed by atoms with E-state index in [9.17, 15) is 14.2 Å². The molecule has 0 aliphatic rings. The summed E-state index contributed by atoms with van der Waals surface area (Å²) in [5.74, 6) is -0.219. The summed E-state index contributed by atoms with van der Waals surface area (Å²) < 4.78 is 31.6. The molecular weight excluding hydrogens is 451 g/mol. The molecule has 2 aromatic heterocycles. The molecule has 2 atom stereocenters. The maximum atomic E-state index is 13.5. The van der Waals surface area contributed by atoms with E-state index in [0.717, 1.165) is 0 Å². The van der Waals surface area contributed by atoms with Gasteiger partial charge in [0, 0.05) is 6.54 Å².